The van der Waals surface area contributed by atoms with Gasteiger partial charge >= 0.3 is 0 Å². The van der Waals surface area contributed by atoms with Crippen LogP contribution in [0.15, 0.2) is 23.5 Å². The summed E-state index contributed by atoms with van der Waals surface area (Å²) in [5.74, 6) is 1.10. The predicted octanol–water partition coefficient (Wildman–Crippen LogP) is 1.76. The molecule has 1 N–H and O–H groups in total. The normalized spacial score (nSPS) is 15.6. The Kier molecular flexibility index (Phi) is 4.23. The molecule has 0 aromatic heterocycles. The molecule has 1 aliphatic rings. The number of allylic oxidation sites excluding steroid dienone is 4. The Morgan fingerprint density at radius 2 is 2.43 bits per heavy atom. The van der Waals surface area contributed by atoms with E-state index in [1.54, 1.807) is 14.2 Å². The molecule has 1 rings (SSSR count). The highest BCUT2D eigenvalue weighted by molar-refractivity contribution is 5.75. The van der Waals surface area contributed by atoms with Crippen LogP contribution >= 0.6 is 0 Å². The van der Waals surface area contributed by atoms with Gasteiger partial charge in [-0.3, -0.25) is 4.79 Å². The number of hydrogen-bond acceptors (Lipinski definition) is 2. The fourth-order valence-corrected chi connectivity index (χ4v) is 1.46. The van der Waals surface area contributed by atoms with Gasteiger partial charge in [0.15, 0.2) is 0 Å². The van der Waals surface area contributed by atoms with Gasteiger partial charge in [-0.2, -0.15) is 0 Å². The van der Waals surface area contributed by atoms with Crippen molar-refractivity contribution in [2.45, 2.75) is 25.7 Å². The van der Waals surface area contributed by atoms with E-state index >= 15 is 0 Å². The highest BCUT2D eigenvalue weighted by Crippen LogP contribution is 2.20. The molecule has 0 saturated heterocycles. The molecule has 3 nitrogen and oxygen atoms in total. The van der Waals surface area contributed by atoms with Crippen molar-refractivity contribution in [3.8, 4) is 0 Å². The van der Waals surface area contributed by atoms with Gasteiger partial charge in [0.05, 0.1) is 12.9 Å². The largest absolute Gasteiger partial charge is 0.501 e. The second kappa shape index (κ2) is 5.47. The topological polar surface area (TPSA) is 38.3 Å². The highest BCUT2D eigenvalue weighted by atomic mass is 16.5. The predicted molar refractivity (Wildman–Crippen MR) is 55.7 cm³/mol. The monoisotopic (exact) mass is 195 g/mol. The number of carbonyl (C=O) groups is 1. The van der Waals surface area contributed by atoms with E-state index in [4.69, 9.17) is 4.74 Å². The second-order valence-corrected chi connectivity index (χ2v) is 3.31. The zero-order chi connectivity index (χ0) is 10.4. The lowest BCUT2D eigenvalue weighted by atomic mass is 10.0. The summed E-state index contributed by atoms with van der Waals surface area (Å²) in [6.07, 6.45) is 7.54. The molecular formula is C11H17NO2. The first-order valence-electron chi connectivity index (χ1n) is 4.90. The van der Waals surface area contributed by atoms with Crippen LogP contribution in [0.25, 0.3) is 0 Å². The summed E-state index contributed by atoms with van der Waals surface area (Å²) in [6, 6.07) is 0. The molecule has 0 bridgehead atoms. The summed E-state index contributed by atoms with van der Waals surface area (Å²) in [7, 11) is 3.35. The van der Waals surface area contributed by atoms with Crippen molar-refractivity contribution in [2.75, 3.05) is 14.2 Å². The van der Waals surface area contributed by atoms with Crippen LogP contribution in [0.1, 0.15) is 25.7 Å². The fourth-order valence-electron chi connectivity index (χ4n) is 1.46. The number of carbonyl (C=O) groups excluding carboxylic acids is 1. The summed E-state index contributed by atoms with van der Waals surface area (Å²) in [5.41, 5.74) is 1.21. The van der Waals surface area contributed by atoms with E-state index in [2.05, 4.69) is 11.4 Å². The van der Waals surface area contributed by atoms with E-state index in [1.165, 1.54) is 5.57 Å². The molecule has 0 aromatic carbocycles. The van der Waals surface area contributed by atoms with Crippen molar-refractivity contribution in [3.05, 3.63) is 23.5 Å². The number of amides is 1. The van der Waals surface area contributed by atoms with Crippen LogP contribution in [0.2, 0.25) is 0 Å². The summed E-state index contributed by atoms with van der Waals surface area (Å²) in [4.78, 5) is 11.0. The minimum Gasteiger partial charge on any atom is -0.501 e. The first kappa shape index (κ1) is 10.8. The van der Waals surface area contributed by atoms with E-state index < -0.39 is 0 Å². The van der Waals surface area contributed by atoms with E-state index in [0.717, 1.165) is 25.0 Å². The van der Waals surface area contributed by atoms with Gasteiger partial charge in [-0.15, -0.1) is 0 Å². The molecule has 1 aliphatic carbocycles. The van der Waals surface area contributed by atoms with Crippen molar-refractivity contribution in [2.24, 2.45) is 0 Å². The average Bonchev–Trinajstić information content (AvgIpc) is 2.26. The highest BCUT2D eigenvalue weighted by Gasteiger charge is 2.06. The van der Waals surface area contributed by atoms with Gasteiger partial charge in [0.2, 0.25) is 5.91 Å². The van der Waals surface area contributed by atoms with Gasteiger partial charge in [0, 0.05) is 19.9 Å². The molecule has 0 fully saturated rings. The maximum atomic E-state index is 11.0. The third-order valence-corrected chi connectivity index (χ3v) is 2.33. The van der Waals surface area contributed by atoms with Crippen LogP contribution in [0.4, 0.5) is 0 Å². The molecule has 0 heterocycles. The summed E-state index contributed by atoms with van der Waals surface area (Å²) < 4.78 is 5.17. The first-order chi connectivity index (χ1) is 6.76. The van der Waals surface area contributed by atoms with Crippen LogP contribution in [-0.4, -0.2) is 20.1 Å². The van der Waals surface area contributed by atoms with Crippen LogP contribution in [0, 0.1) is 0 Å². The molecule has 0 aliphatic heterocycles. The molecule has 78 valence electrons. The second-order valence-electron chi connectivity index (χ2n) is 3.31. The number of hydrogen-bond donors (Lipinski definition) is 1. The van der Waals surface area contributed by atoms with Crippen molar-refractivity contribution >= 4 is 5.91 Å². The Hall–Kier alpha value is -1.25. The lowest BCUT2D eigenvalue weighted by Gasteiger charge is -2.12. The van der Waals surface area contributed by atoms with E-state index in [9.17, 15) is 4.79 Å². The zero-order valence-corrected chi connectivity index (χ0v) is 8.80. The van der Waals surface area contributed by atoms with Crippen molar-refractivity contribution in [1.29, 1.82) is 0 Å². The molecule has 0 unspecified atom stereocenters. The van der Waals surface area contributed by atoms with E-state index in [1.807, 2.05) is 6.08 Å². The average molecular weight is 195 g/mol. The molecule has 0 aromatic rings. The Bertz CT molecular complexity index is 266. The lowest BCUT2D eigenvalue weighted by Crippen LogP contribution is -2.17. The smallest absolute Gasteiger partial charge is 0.220 e. The number of nitrogens with one attached hydrogen (secondary N) is 1. The van der Waals surface area contributed by atoms with Crippen LogP contribution in [0.3, 0.4) is 0 Å². The molecule has 0 atom stereocenters. The Morgan fingerprint density at radius 1 is 1.64 bits per heavy atom. The standard InChI is InChI=1S/C11H17NO2/c1-12-11(13)7-6-9-4-3-5-10(8-9)14-2/h4,8H,3,5-7H2,1-2H3,(H,12,13). The summed E-state index contributed by atoms with van der Waals surface area (Å²) in [6.45, 7) is 0. The van der Waals surface area contributed by atoms with Crippen LogP contribution < -0.4 is 5.32 Å². The van der Waals surface area contributed by atoms with Crippen molar-refractivity contribution < 1.29 is 9.53 Å². The van der Waals surface area contributed by atoms with E-state index in [0.29, 0.717) is 6.42 Å². The molecule has 3 heteroatoms. The molecule has 14 heavy (non-hydrogen) atoms. The fraction of sp³-hybridized carbons (Fsp3) is 0.545. The van der Waals surface area contributed by atoms with Crippen molar-refractivity contribution in [1.82, 2.24) is 5.32 Å². The maximum absolute atomic E-state index is 11.0. The van der Waals surface area contributed by atoms with Crippen molar-refractivity contribution in [3.63, 3.8) is 0 Å². The molecule has 0 spiro atoms. The third kappa shape index (κ3) is 3.24. The molecule has 0 saturated carbocycles. The number of methoxy groups -OCH3 is 1. The molecule has 0 radical (unpaired) electrons. The third-order valence-electron chi connectivity index (χ3n) is 2.33. The summed E-state index contributed by atoms with van der Waals surface area (Å²) >= 11 is 0. The maximum Gasteiger partial charge on any atom is 0.220 e. The van der Waals surface area contributed by atoms with Gasteiger partial charge in [-0.1, -0.05) is 6.08 Å². The quantitative estimate of drug-likeness (QED) is 0.742. The molecular weight excluding hydrogens is 178 g/mol. The Balaban J connectivity index is 2.41. The first-order valence-corrected chi connectivity index (χ1v) is 4.90. The van der Waals surface area contributed by atoms with Gasteiger partial charge in [-0.25, -0.2) is 0 Å². The van der Waals surface area contributed by atoms with Crippen LogP contribution in [-0.2, 0) is 9.53 Å². The van der Waals surface area contributed by atoms with Gasteiger partial charge < -0.3 is 10.1 Å². The number of ether oxygens (including phenoxy) is 1. The zero-order valence-electron chi connectivity index (χ0n) is 8.80. The minimum atomic E-state index is 0.0869. The minimum absolute atomic E-state index is 0.0869. The van der Waals surface area contributed by atoms with Gasteiger partial charge in [-0.05, 0) is 24.5 Å². The van der Waals surface area contributed by atoms with Gasteiger partial charge in [0.1, 0.15) is 0 Å². The Labute approximate surface area is 84.8 Å². The lowest BCUT2D eigenvalue weighted by molar-refractivity contribution is -0.120. The SMILES string of the molecule is CNC(=O)CCC1=CCCC(OC)=C1. The Morgan fingerprint density at radius 3 is 3.07 bits per heavy atom. The van der Waals surface area contributed by atoms with Gasteiger partial charge in [0.25, 0.3) is 0 Å². The number of rotatable bonds is 4. The summed E-state index contributed by atoms with van der Waals surface area (Å²) in [5, 5.41) is 2.61. The van der Waals surface area contributed by atoms with E-state index in [-0.39, 0.29) is 5.91 Å². The van der Waals surface area contributed by atoms with Crippen LogP contribution in [0.5, 0.6) is 0 Å². The molecule has 1 amide bonds.